The van der Waals surface area contributed by atoms with E-state index in [2.05, 4.69) is 86.0 Å². The third-order valence-electron chi connectivity index (χ3n) is 9.60. The second-order valence-electron chi connectivity index (χ2n) is 12.7. The van der Waals surface area contributed by atoms with Crippen LogP contribution in [0.3, 0.4) is 0 Å². The van der Waals surface area contributed by atoms with Gasteiger partial charge in [-0.1, -0.05) is 124 Å². The Morgan fingerprint density at radius 1 is 0.542 bits per heavy atom. The topological polar surface area (TPSA) is 36.9 Å². The first kappa shape index (κ1) is 34.3. The number of rotatable bonds is 13. The highest BCUT2D eigenvalue weighted by Crippen LogP contribution is 2.56. The third-order valence-corrected chi connectivity index (χ3v) is 14.3. The quantitative estimate of drug-likeness (QED) is 0.132. The van der Waals surface area contributed by atoms with Crippen LogP contribution in [0.15, 0.2) is 98.1 Å². The lowest BCUT2D eigenvalue weighted by molar-refractivity contribution is 0.413. The minimum absolute atomic E-state index is 0.478. The maximum atomic E-state index is 7.38. The molecule has 6 rings (SSSR count). The number of ether oxygens (including phenoxy) is 2. The van der Waals surface area contributed by atoms with Gasteiger partial charge in [0.15, 0.2) is 0 Å². The summed E-state index contributed by atoms with van der Waals surface area (Å²) in [6.45, 7) is 8.47. The number of methoxy groups -OCH3 is 2. The number of benzene rings is 4. The normalized spacial score (nSPS) is 16.8. The van der Waals surface area contributed by atoms with Gasteiger partial charge in [0, 0.05) is 44.2 Å². The zero-order valence-corrected chi connectivity index (χ0v) is 30.2. The van der Waals surface area contributed by atoms with Crippen LogP contribution >= 0.6 is 16.3 Å². The van der Waals surface area contributed by atoms with Gasteiger partial charge in [-0.15, -0.1) is 0 Å². The molecule has 0 heterocycles. The van der Waals surface area contributed by atoms with Gasteiger partial charge in [0.1, 0.15) is 39.3 Å². The van der Waals surface area contributed by atoms with Gasteiger partial charge in [-0.05, 0) is 49.9 Å². The van der Waals surface area contributed by atoms with Gasteiger partial charge in [-0.3, -0.25) is 0 Å². The van der Waals surface area contributed by atoms with Crippen molar-refractivity contribution in [1.29, 1.82) is 0 Å². The second-order valence-corrected chi connectivity index (χ2v) is 16.8. The maximum Gasteiger partial charge on any atom is 0.139 e. The molecule has 0 radical (unpaired) electrons. The molecule has 2 aliphatic rings. The van der Waals surface area contributed by atoms with Crippen LogP contribution in [-0.4, -0.2) is 25.5 Å². The van der Waals surface area contributed by atoms with Gasteiger partial charge in [0.25, 0.3) is 0 Å². The van der Waals surface area contributed by atoms with Crippen LogP contribution < -0.4 is 29.1 Å². The Kier molecular flexibility index (Phi) is 11.9. The summed E-state index contributed by atoms with van der Waals surface area (Å²) < 4.78 is 26.5. The summed E-state index contributed by atoms with van der Waals surface area (Å²) in [4.78, 5) is 0. The van der Waals surface area contributed by atoms with Crippen LogP contribution in [0.2, 0.25) is 0 Å². The smallest absolute Gasteiger partial charge is 0.139 e. The van der Waals surface area contributed by atoms with Crippen LogP contribution in [-0.2, 0) is 0 Å². The highest BCUT2D eigenvalue weighted by molar-refractivity contribution is 7.62. The van der Waals surface area contributed by atoms with Crippen molar-refractivity contribution in [2.45, 2.75) is 75.5 Å². The van der Waals surface area contributed by atoms with E-state index in [4.69, 9.17) is 18.5 Å². The molecule has 0 spiro atoms. The lowest BCUT2D eigenvalue weighted by Crippen LogP contribution is -2.21. The van der Waals surface area contributed by atoms with E-state index in [1.807, 2.05) is 24.3 Å². The van der Waals surface area contributed by atoms with Crippen molar-refractivity contribution < 1.29 is 18.5 Å². The zero-order chi connectivity index (χ0) is 33.3. The van der Waals surface area contributed by atoms with E-state index in [9.17, 15) is 0 Å². The Hall–Kier alpha value is -3.58. The van der Waals surface area contributed by atoms with E-state index in [1.165, 1.54) is 74.8 Å². The third kappa shape index (κ3) is 7.83. The summed E-state index contributed by atoms with van der Waals surface area (Å²) in [6.07, 6.45) is 16.0. The zero-order valence-electron chi connectivity index (χ0n) is 28.4. The first-order chi connectivity index (χ1) is 23.6. The van der Waals surface area contributed by atoms with Crippen molar-refractivity contribution in [3.05, 3.63) is 109 Å². The average Bonchev–Trinajstić information content (AvgIpc) is 3.16. The van der Waals surface area contributed by atoms with Crippen LogP contribution in [0.5, 0.6) is 23.0 Å². The highest BCUT2D eigenvalue weighted by Gasteiger charge is 2.32. The van der Waals surface area contributed by atoms with E-state index in [0.717, 1.165) is 45.3 Å². The molecule has 0 saturated heterocycles. The summed E-state index contributed by atoms with van der Waals surface area (Å²) in [6, 6.07) is 29.8. The monoisotopic (exact) mass is 678 g/mol. The first-order valence-corrected chi connectivity index (χ1v) is 20.0. The molecule has 0 bridgehead atoms. The lowest BCUT2D eigenvalue weighted by atomic mass is 9.97. The van der Waals surface area contributed by atoms with Crippen molar-refractivity contribution in [2.75, 3.05) is 14.2 Å². The van der Waals surface area contributed by atoms with Gasteiger partial charge in [0.05, 0.1) is 14.2 Å². The van der Waals surface area contributed by atoms with Crippen molar-refractivity contribution in [1.82, 2.24) is 0 Å². The van der Waals surface area contributed by atoms with Gasteiger partial charge >= 0.3 is 0 Å². The largest absolute Gasteiger partial charge is 0.497 e. The summed E-state index contributed by atoms with van der Waals surface area (Å²) in [5.41, 5.74) is 4.57. The first-order valence-electron chi connectivity index (χ1n) is 17.4. The molecule has 0 N–H and O–H groups in total. The van der Waals surface area contributed by atoms with Crippen LogP contribution in [0.25, 0.3) is 23.3 Å². The fourth-order valence-electron chi connectivity index (χ4n) is 7.04. The molecule has 0 aromatic heterocycles. The minimum Gasteiger partial charge on any atom is -0.497 e. The molecular weight excluding hydrogens is 630 g/mol. The highest BCUT2D eigenvalue weighted by atomic mass is 31.1. The Morgan fingerprint density at radius 2 is 0.917 bits per heavy atom. The molecule has 2 fully saturated rings. The summed E-state index contributed by atoms with van der Waals surface area (Å²) >= 11 is 0. The van der Waals surface area contributed by atoms with E-state index in [0.29, 0.717) is 11.3 Å². The summed E-state index contributed by atoms with van der Waals surface area (Å²) in [5, 5.41) is 2.52. The van der Waals surface area contributed by atoms with Gasteiger partial charge in [-0.25, -0.2) is 0 Å². The molecule has 0 aliphatic heterocycles. The van der Waals surface area contributed by atoms with Crippen molar-refractivity contribution in [3.63, 3.8) is 0 Å². The Labute approximate surface area is 289 Å². The number of hydrogen-bond donors (Lipinski definition) is 0. The maximum absolute atomic E-state index is 7.38. The molecule has 2 atom stereocenters. The predicted octanol–water partition coefficient (Wildman–Crippen LogP) is 11.5. The Bertz CT molecular complexity index is 1540. The molecule has 4 aromatic carbocycles. The fraction of sp³-hybridized carbons (Fsp3) is 0.333. The van der Waals surface area contributed by atoms with Crippen molar-refractivity contribution in [3.8, 4) is 34.1 Å². The fourth-order valence-corrected chi connectivity index (χ4v) is 11.8. The van der Waals surface area contributed by atoms with Gasteiger partial charge in [0.2, 0.25) is 0 Å². The van der Waals surface area contributed by atoms with Crippen LogP contribution in [0.4, 0.5) is 0 Å². The number of hydrogen-bond acceptors (Lipinski definition) is 4. The molecule has 250 valence electrons. The van der Waals surface area contributed by atoms with E-state index >= 15 is 0 Å². The summed E-state index contributed by atoms with van der Waals surface area (Å²) in [7, 11) is 1.49. The molecule has 6 heteroatoms. The molecule has 2 unspecified atom stereocenters. The molecule has 48 heavy (non-hydrogen) atoms. The molecule has 4 aromatic rings. The molecular formula is C42H48O4P2. The molecule has 0 amide bonds. The van der Waals surface area contributed by atoms with Crippen LogP contribution in [0.1, 0.15) is 75.3 Å². The molecule has 4 nitrogen and oxygen atoms in total. The minimum atomic E-state index is -0.965. The average molecular weight is 679 g/mol. The van der Waals surface area contributed by atoms with Crippen molar-refractivity contribution >= 4 is 39.1 Å². The van der Waals surface area contributed by atoms with Gasteiger partial charge in [-0.2, -0.15) is 0 Å². The second kappa shape index (κ2) is 16.7. The standard InChI is InChI=1S/C42H48O4P2/c1-5-31-27-33(43-3)29-39(41(31)45-47(35-19-11-7-12-20-35)36-21-13-8-14-22-36)40-30-34(44-4)28-32(6-2)42(40)46-48(37-23-15-9-16-24-37)38-25-17-10-18-26-38/h5-7,9,11-12,15-16,19-20,23-24,27-30,36,38H,1-2,8,10,13-14,17-18,21-22,25-26H2,3-4H3. The van der Waals surface area contributed by atoms with E-state index in [-0.39, 0.29) is 0 Å². The summed E-state index contributed by atoms with van der Waals surface area (Å²) in [5.74, 6) is 3.09. The molecule has 2 aliphatic carbocycles. The van der Waals surface area contributed by atoms with Gasteiger partial charge < -0.3 is 18.5 Å². The predicted molar refractivity (Wildman–Crippen MR) is 206 cm³/mol. The Balaban J connectivity index is 1.54. The van der Waals surface area contributed by atoms with Crippen LogP contribution in [0, 0.1) is 0 Å². The SMILES string of the molecule is C=Cc1cc(OC)cc(-c2cc(OC)cc(C=C)c2OP(c2ccccc2)C2CCCCC2)c1OP(c1ccccc1)C1CCCCC1. The van der Waals surface area contributed by atoms with E-state index < -0.39 is 16.3 Å². The Morgan fingerprint density at radius 3 is 1.25 bits per heavy atom. The lowest BCUT2D eigenvalue weighted by Gasteiger charge is -2.33. The van der Waals surface area contributed by atoms with E-state index in [1.54, 1.807) is 14.2 Å². The molecule has 2 saturated carbocycles. The van der Waals surface area contributed by atoms with Crippen molar-refractivity contribution in [2.24, 2.45) is 0 Å².